The summed E-state index contributed by atoms with van der Waals surface area (Å²) in [4.78, 5) is 13.9. The van der Waals surface area contributed by atoms with Gasteiger partial charge in [0.05, 0.1) is 0 Å². The second-order valence-corrected chi connectivity index (χ2v) is 6.77. The molecule has 0 spiro atoms. The van der Waals surface area contributed by atoms with Crippen LogP contribution in [0.25, 0.3) is 0 Å². The van der Waals surface area contributed by atoms with Crippen molar-refractivity contribution in [3.8, 4) is 0 Å². The molecule has 0 radical (unpaired) electrons. The minimum atomic E-state index is -0.0418. The molecule has 1 amide bonds. The van der Waals surface area contributed by atoms with Gasteiger partial charge in [0.2, 0.25) is 5.91 Å². The van der Waals surface area contributed by atoms with E-state index in [0.717, 1.165) is 17.8 Å². The van der Waals surface area contributed by atoms with E-state index in [1.54, 1.807) is 0 Å². The molecular formula is C17H22N2OS. The maximum atomic E-state index is 11.2. The number of carbonyl (C=O) groups excluding carboxylic acids is 1. The lowest BCUT2D eigenvalue weighted by molar-refractivity contribution is -0.114. The molecule has 0 fully saturated rings. The summed E-state index contributed by atoms with van der Waals surface area (Å²) in [5.74, 6) is -0.0418. The Hall–Kier alpha value is -1.65. The van der Waals surface area contributed by atoms with Crippen LogP contribution in [0.1, 0.15) is 40.8 Å². The van der Waals surface area contributed by atoms with Gasteiger partial charge < -0.3 is 10.6 Å². The first-order chi connectivity index (χ1) is 9.97. The van der Waals surface area contributed by atoms with E-state index in [9.17, 15) is 4.79 Å². The highest BCUT2D eigenvalue weighted by molar-refractivity contribution is 7.12. The first-order valence-corrected chi connectivity index (χ1v) is 7.95. The van der Waals surface area contributed by atoms with E-state index in [-0.39, 0.29) is 5.91 Å². The smallest absolute Gasteiger partial charge is 0.221 e. The quantitative estimate of drug-likeness (QED) is 0.870. The summed E-state index contributed by atoms with van der Waals surface area (Å²) in [5.41, 5.74) is 3.33. The van der Waals surface area contributed by atoms with Gasteiger partial charge in [-0.1, -0.05) is 18.2 Å². The largest absolute Gasteiger partial charge is 0.326 e. The summed E-state index contributed by atoms with van der Waals surface area (Å²) in [6.45, 7) is 8.74. The number of thiophene rings is 1. The summed E-state index contributed by atoms with van der Waals surface area (Å²) in [6, 6.07) is 10.4. The van der Waals surface area contributed by atoms with Gasteiger partial charge in [-0.05, 0) is 44.0 Å². The van der Waals surface area contributed by atoms with E-state index in [4.69, 9.17) is 0 Å². The molecule has 2 N–H and O–H groups in total. The van der Waals surface area contributed by atoms with Crippen LogP contribution < -0.4 is 10.6 Å². The molecule has 21 heavy (non-hydrogen) atoms. The Morgan fingerprint density at radius 3 is 2.62 bits per heavy atom. The summed E-state index contributed by atoms with van der Waals surface area (Å²) < 4.78 is 0. The second-order valence-electron chi connectivity index (χ2n) is 5.31. The van der Waals surface area contributed by atoms with E-state index in [2.05, 4.69) is 37.5 Å². The molecule has 4 heteroatoms. The van der Waals surface area contributed by atoms with Crippen LogP contribution in [0, 0.1) is 13.8 Å². The second kappa shape index (κ2) is 6.87. The highest BCUT2D eigenvalue weighted by Crippen LogP contribution is 2.26. The summed E-state index contributed by atoms with van der Waals surface area (Å²) in [5, 5.41) is 6.41. The predicted molar refractivity (Wildman–Crippen MR) is 89.8 cm³/mol. The zero-order chi connectivity index (χ0) is 15.4. The highest BCUT2D eigenvalue weighted by Gasteiger charge is 2.11. The standard InChI is InChI=1S/C17H22N2OS/c1-11-9-16(13(3)21-11)12(2)18-10-15-7-5-6-8-17(15)19-14(4)20/h5-9,12,18H,10H2,1-4H3,(H,19,20). The summed E-state index contributed by atoms with van der Waals surface area (Å²) in [7, 11) is 0. The van der Waals surface area contributed by atoms with E-state index in [1.807, 2.05) is 35.6 Å². The molecule has 1 aromatic carbocycles. The van der Waals surface area contributed by atoms with Crippen molar-refractivity contribution in [2.75, 3.05) is 5.32 Å². The van der Waals surface area contributed by atoms with Crippen LogP contribution in [-0.4, -0.2) is 5.91 Å². The van der Waals surface area contributed by atoms with Gasteiger partial charge in [0.1, 0.15) is 0 Å². The van der Waals surface area contributed by atoms with Gasteiger partial charge in [0.25, 0.3) is 0 Å². The monoisotopic (exact) mass is 302 g/mol. The molecule has 0 aliphatic carbocycles. The molecule has 0 saturated heterocycles. The summed E-state index contributed by atoms with van der Waals surface area (Å²) in [6.07, 6.45) is 0. The number of hydrogen-bond donors (Lipinski definition) is 2. The number of anilines is 1. The number of aryl methyl sites for hydroxylation is 2. The lowest BCUT2D eigenvalue weighted by Crippen LogP contribution is -2.19. The average molecular weight is 302 g/mol. The third-order valence-electron chi connectivity index (χ3n) is 3.47. The zero-order valence-corrected chi connectivity index (χ0v) is 13.8. The van der Waals surface area contributed by atoms with Crippen molar-refractivity contribution in [3.63, 3.8) is 0 Å². The van der Waals surface area contributed by atoms with Crippen molar-refractivity contribution in [3.05, 3.63) is 51.2 Å². The fourth-order valence-electron chi connectivity index (χ4n) is 2.44. The molecule has 0 aliphatic heterocycles. The topological polar surface area (TPSA) is 41.1 Å². The molecule has 3 nitrogen and oxygen atoms in total. The number of amides is 1. The van der Waals surface area contributed by atoms with Crippen LogP contribution in [0.4, 0.5) is 5.69 Å². The lowest BCUT2D eigenvalue weighted by Gasteiger charge is -2.16. The Kier molecular flexibility index (Phi) is 5.15. The minimum absolute atomic E-state index is 0.0418. The Morgan fingerprint density at radius 2 is 2.00 bits per heavy atom. The van der Waals surface area contributed by atoms with Crippen LogP contribution in [0.2, 0.25) is 0 Å². The Labute approximate surface area is 130 Å². The number of para-hydroxylation sites is 1. The molecule has 0 aliphatic rings. The van der Waals surface area contributed by atoms with Crippen LogP contribution >= 0.6 is 11.3 Å². The van der Waals surface area contributed by atoms with Crippen molar-refractivity contribution in [2.45, 2.75) is 40.3 Å². The lowest BCUT2D eigenvalue weighted by atomic mass is 10.1. The Balaban J connectivity index is 2.06. The van der Waals surface area contributed by atoms with Gasteiger partial charge in [0.15, 0.2) is 0 Å². The van der Waals surface area contributed by atoms with Crippen molar-refractivity contribution < 1.29 is 4.79 Å². The van der Waals surface area contributed by atoms with Crippen LogP contribution in [0.5, 0.6) is 0 Å². The van der Waals surface area contributed by atoms with Crippen LogP contribution in [0.3, 0.4) is 0 Å². The number of nitrogens with one attached hydrogen (secondary N) is 2. The molecule has 2 rings (SSSR count). The van der Waals surface area contributed by atoms with Gasteiger partial charge in [-0.25, -0.2) is 0 Å². The zero-order valence-electron chi connectivity index (χ0n) is 13.0. The predicted octanol–water partition coefficient (Wildman–Crippen LogP) is 4.17. The SMILES string of the molecule is CC(=O)Nc1ccccc1CNC(C)c1cc(C)sc1C. The average Bonchev–Trinajstić information content (AvgIpc) is 2.76. The van der Waals surface area contributed by atoms with Crippen LogP contribution in [-0.2, 0) is 11.3 Å². The maximum Gasteiger partial charge on any atom is 0.221 e. The minimum Gasteiger partial charge on any atom is -0.326 e. The number of rotatable bonds is 5. The third-order valence-corrected chi connectivity index (χ3v) is 4.45. The first kappa shape index (κ1) is 15.7. The van der Waals surface area contributed by atoms with E-state index < -0.39 is 0 Å². The molecular weight excluding hydrogens is 280 g/mol. The molecule has 2 aromatic rings. The first-order valence-electron chi connectivity index (χ1n) is 7.13. The van der Waals surface area contributed by atoms with Crippen molar-refractivity contribution in [1.29, 1.82) is 0 Å². The third kappa shape index (κ3) is 4.16. The Bertz CT molecular complexity index is 633. The number of benzene rings is 1. The van der Waals surface area contributed by atoms with Gasteiger partial charge >= 0.3 is 0 Å². The normalized spacial score (nSPS) is 12.2. The van der Waals surface area contributed by atoms with Crippen molar-refractivity contribution in [1.82, 2.24) is 5.32 Å². The van der Waals surface area contributed by atoms with E-state index in [0.29, 0.717) is 6.04 Å². The Morgan fingerprint density at radius 1 is 1.29 bits per heavy atom. The van der Waals surface area contributed by atoms with Gasteiger partial charge in [-0.15, -0.1) is 11.3 Å². The fourth-order valence-corrected chi connectivity index (χ4v) is 3.46. The molecule has 0 bridgehead atoms. The summed E-state index contributed by atoms with van der Waals surface area (Å²) >= 11 is 1.83. The number of carbonyl (C=O) groups is 1. The molecule has 1 heterocycles. The van der Waals surface area contributed by atoms with E-state index in [1.165, 1.54) is 22.2 Å². The maximum absolute atomic E-state index is 11.2. The van der Waals surface area contributed by atoms with Crippen molar-refractivity contribution in [2.24, 2.45) is 0 Å². The molecule has 1 atom stereocenters. The highest BCUT2D eigenvalue weighted by atomic mass is 32.1. The molecule has 0 saturated carbocycles. The van der Waals surface area contributed by atoms with Gasteiger partial charge in [0, 0.05) is 35.0 Å². The fraction of sp³-hybridized carbons (Fsp3) is 0.353. The number of hydrogen-bond acceptors (Lipinski definition) is 3. The van der Waals surface area contributed by atoms with Crippen molar-refractivity contribution >= 4 is 22.9 Å². The molecule has 1 unspecified atom stereocenters. The van der Waals surface area contributed by atoms with Gasteiger partial charge in [-0.3, -0.25) is 4.79 Å². The molecule has 112 valence electrons. The molecule has 1 aromatic heterocycles. The van der Waals surface area contributed by atoms with E-state index >= 15 is 0 Å². The van der Waals surface area contributed by atoms with Gasteiger partial charge in [-0.2, -0.15) is 0 Å². The van der Waals surface area contributed by atoms with Crippen LogP contribution in [0.15, 0.2) is 30.3 Å².